The van der Waals surface area contributed by atoms with Gasteiger partial charge in [-0.15, -0.1) is 11.3 Å². The van der Waals surface area contributed by atoms with Crippen molar-refractivity contribution in [2.75, 3.05) is 15.4 Å². The number of sulfonamides is 1. The SMILES string of the molecule is O=C(Nc1ccc(Cl)cc1)Nc1ccc(S(=O)(=O)Nc2nccs2)cc1. The fourth-order valence-electron chi connectivity index (χ4n) is 1.99. The van der Waals surface area contributed by atoms with E-state index in [-0.39, 0.29) is 10.0 Å². The quantitative estimate of drug-likeness (QED) is 0.587. The first-order chi connectivity index (χ1) is 12.4. The number of thiazole rings is 1. The largest absolute Gasteiger partial charge is 0.323 e. The number of urea groups is 1. The topological polar surface area (TPSA) is 100 Å². The lowest BCUT2D eigenvalue weighted by molar-refractivity contribution is 0.262. The van der Waals surface area contributed by atoms with E-state index >= 15 is 0 Å². The van der Waals surface area contributed by atoms with E-state index in [1.165, 1.54) is 41.8 Å². The summed E-state index contributed by atoms with van der Waals surface area (Å²) in [6.07, 6.45) is 1.51. The molecule has 0 atom stereocenters. The van der Waals surface area contributed by atoms with Crippen molar-refractivity contribution in [2.45, 2.75) is 4.90 Å². The number of carbonyl (C=O) groups excluding carboxylic acids is 1. The summed E-state index contributed by atoms with van der Waals surface area (Å²) in [4.78, 5) is 15.9. The van der Waals surface area contributed by atoms with Crippen LogP contribution in [0.25, 0.3) is 0 Å². The molecule has 134 valence electrons. The van der Waals surface area contributed by atoms with Crippen LogP contribution in [0.1, 0.15) is 0 Å². The summed E-state index contributed by atoms with van der Waals surface area (Å²) in [5, 5.41) is 7.79. The van der Waals surface area contributed by atoms with Crippen molar-refractivity contribution in [2.24, 2.45) is 0 Å². The van der Waals surface area contributed by atoms with Crippen molar-refractivity contribution in [1.29, 1.82) is 0 Å². The number of nitrogens with zero attached hydrogens (tertiary/aromatic N) is 1. The first-order valence-electron chi connectivity index (χ1n) is 7.28. The van der Waals surface area contributed by atoms with Gasteiger partial charge in [0.15, 0.2) is 5.13 Å². The first kappa shape index (κ1) is 18.2. The summed E-state index contributed by atoms with van der Waals surface area (Å²) in [6.45, 7) is 0. The van der Waals surface area contributed by atoms with Gasteiger partial charge in [-0.05, 0) is 48.5 Å². The second kappa shape index (κ2) is 7.73. The highest BCUT2D eigenvalue weighted by Gasteiger charge is 2.15. The van der Waals surface area contributed by atoms with Gasteiger partial charge < -0.3 is 10.6 Å². The number of nitrogens with one attached hydrogen (secondary N) is 3. The molecule has 0 saturated carbocycles. The van der Waals surface area contributed by atoms with Gasteiger partial charge in [0.2, 0.25) is 0 Å². The molecule has 0 unspecified atom stereocenters. The third-order valence-corrected chi connectivity index (χ3v) is 5.60. The maximum absolute atomic E-state index is 12.2. The van der Waals surface area contributed by atoms with Crippen molar-refractivity contribution in [3.63, 3.8) is 0 Å². The highest BCUT2D eigenvalue weighted by molar-refractivity contribution is 7.93. The Morgan fingerprint density at radius 2 is 1.54 bits per heavy atom. The highest BCUT2D eigenvalue weighted by atomic mass is 35.5. The molecule has 2 amide bonds. The maximum atomic E-state index is 12.2. The Kier molecular flexibility index (Phi) is 5.40. The number of hydrogen-bond acceptors (Lipinski definition) is 5. The molecule has 0 spiro atoms. The molecule has 3 rings (SSSR count). The zero-order chi connectivity index (χ0) is 18.6. The lowest BCUT2D eigenvalue weighted by Gasteiger charge is -2.09. The molecule has 0 bridgehead atoms. The summed E-state index contributed by atoms with van der Waals surface area (Å²) < 4.78 is 26.9. The predicted octanol–water partition coefficient (Wildman–Crippen LogP) is 4.24. The van der Waals surface area contributed by atoms with Gasteiger partial charge in [0.05, 0.1) is 4.90 Å². The van der Waals surface area contributed by atoms with Crippen LogP contribution in [-0.4, -0.2) is 19.4 Å². The molecule has 0 radical (unpaired) electrons. The average Bonchev–Trinajstić information content (AvgIpc) is 3.09. The van der Waals surface area contributed by atoms with Crippen molar-refractivity contribution < 1.29 is 13.2 Å². The lowest BCUT2D eigenvalue weighted by Crippen LogP contribution is -2.19. The van der Waals surface area contributed by atoms with E-state index in [1.54, 1.807) is 29.6 Å². The predicted molar refractivity (Wildman–Crippen MR) is 103 cm³/mol. The molecule has 1 heterocycles. The van der Waals surface area contributed by atoms with Crippen molar-refractivity contribution in [1.82, 2.24) is 4.98 Å². The molecule has 0 aliphatic heterocycles. The van der Waals surface area contributed by atoms with E-state index < -0.39 is 16.1 Å². The van der Waals surface area contributed by atoms with Crippen LogP contribution in [0.3, 0.4) is 0 Å². The zero-order valence-corrected chi connectivity index (χ0v) is 15.5. The number of amides is 2. The molecule has 3 N–H and O–H groups in total. The lowest BCUT2D eigenvalue weighted by atomic mass is 10.3. The smallest absolute Gasteiger partial charge is 0.308 e. The summed E-state index contributed by atoms with van der Waals surface area (Å²) in [5.74, 6) is 0. The van der Waals surface area contributed by atoms with Crippen LogP contribution in [-0.2, 0) is 10.0 Å². The summed E-state index contributed by atoms with van der Waals surface area (Å²) in [6, 6.07) is 12.0. The molecule has 26 heavy (non-hydrogen) atoms. The molecule has 2 aromatic carbocycles. The molecule has 0 saturated heterocycles. The van der Waals surface area contributed by atoms with Crippen LogP contribution >= 0.6 is 22.9 Å². The zero-order valence-electron chi connectivity index (χ0n) is 13.1. The van der Waals surface area contributed by atoms with Crippen molar-refractivity contribution in [3.05, 3.63) is 65.1 Å². The van der Waals surface area contributed by atoms with Crippen molar-refractivity contribution >= 4 is 55.5 Å². The Hall–Kier alpha value is -2.62. The van der Waals surface area contributed by atoms with Gasteiger partial charge in [-0.25, -0.2) is 18.2 Å². The van der Waals surface area contributed by atoms with Gasteiger partial charge in [-0.3, -0.25) is 4.72 Å². The molecule has 0 aliphatic rings. The Morgan fingerprint density at radius 3 is 2.08 bits per heavy atom. The van der Waals surface area contributed by atoms with Crippen LogP contribution in [0.5, 0.6) is 0 Å². The molecule has 7 nitrogen and oxygen atoms in total. The monoisotopic (exact) mass is 408 g/mol. The third-order valence-electron chi connectivity index (χ3n) is 3.18. The first-order valence-corrected chi connectivity index (χ1v) is 10.0. The number of anilines is 3. The standard InChI is InChI=1S/C16H13ClN4O3S2/c17-11-1-3-12(4-2-11)19-15(22)20-13-5-7-14(8-6-13)26(23,24)21-16-18-9-10-25-16/h1-10H,(H,18,21)(H2,19,20,22). The fourth-order valence-corrected chi connectivity index (χ4v) is 3.91. The van der Waals surface area contributed by atoms with Crippen LogP contribution < -0.4 is 15.4 Å². The Morgan fingerprint density at radius 1 is 0.962 bits per heavy atom. The summed E-state index contributed by atoms with van der Waals surface area (Å²) in [7, 11) is -3.72. The minimum atomic E-state index is -3.72. The highest BCUT2D eigenvalue weighted by Crippen LogP contribution is 2.20. The molecule has 3 aromatic rings. The van der Waals surface area contributed by atoms with E-state index in [0.717, 1.165) is 0 Å². The van der Waals surface area contributed by atoms with Crippen LogP contribution in [0.15, 0.2) is 65.0 Å². The van der Waals surface area contributed by atoms with E-state index in [1.807, 2.05) is 0 Å². The molecule has 10 heteroatoms. The number of halogens is 1. The van der Waals surface area contributed by atoms with Gasteiger partial charge in [0, 0.05) is 28.0 Å². The third kappa shape index (κ3) is 4.72. The van der Waals surface area contributed by atoms with Gasteiger partial charge in [-0.1, -0.05) is 11.6 Å². The number of aromatic nitrogens is 1. The summed E-state index contributed by atoms with van der Waals surface area (Å²) >= 11 is 6.97. The minimum Gasteiger partial charge on any atom is -0.308 e. The van der Waals surface area contributed by atoms with E-state index in [0.29, 0.717) is 16.4 Å². The van der Waals surface area contributed by atoms with Gasteiger partial charge >= 0.3 is 6.03 Å². The maximum Gasteiger partial charge on any atom is 0.323 e. The Bertz CT molecular complexity index is 989. The molecule has 0 fully saturated rings. The van der Waals surface area contributed by atoms with Crippen LogP contribution in [0.4, 0.5) is 21.3 Å². The normalized spacial score (nSPS) is 11.0. The van der Waals surface area contributed by atoms with E-state index in [2.05, 4.69) is 20.3 Å². The number of benzene rings is 2. The minimum absolute atomic E-state index is 0.0661. The second-order valence-corrected chi connectivity index (χ2v) is 8.07. The molecular weight excluding hydrogens is 396 g/mol. The molecule has 1 aromatic heterocycles. The molecular formula is C16H13ClN4O3S2. The molecule has 0 aliphatic carbocycles. The van der Waals surface area contributed by atoms with E-state index in [4.69, 9.17) is 11.6 Å². The summed E-state index contributed by atoms with van der Waals surface area (Å²) in [5.41, 5.74) is 1.03. The number of rotatable bonds is 5. The average molecular weight is 409 g/mol. The van der Waals surface area contributed by atoms with E-state index in [9.17, 15) is 13.2 Å². The Labute approximate surface area is 159 Å². The van der Waals surface area contributed by atoms with Crippen LogP contribution in [0, 0.1) is 0 Å². The van der Waals surface area contributed by atoms with Gasteiger partial charge in [0.1, 0.15) is 0 Å². The van der Waals surface area contributed by atoms with Crippen molar-refractivity contribution in [3.8, 4) is 0 Å². The second-order valence-electron chi connectivity index (χ2n) is 5.05. The number of hydrogen-bond donors (Lipinski definition) is 3. The Balaban J connectivity index is 1.63. The van der Waals surface area contributed by atoms with Gasteiger partial charge in [0.25, 0.3) is 10.0 Å². The van der Waals surface area contributed by atoms with Crippen LogP contribution in [0.2, 0.25) is 5.02 Å². The fraction of sp³-hybridized carbons (Fsp3) is 0. The van der Waals surface area contributed by atoms with Gasteiger partial charge in [-0.2, -0.15) is 0 Å². The number of carbonyl (C=O) groups is 1.